The van der Waals surface area contributed by atoms with Crippen LogP contribution in [0.2, 0.25) is 0 Å². The van der Waals surface area contributed by atoms with E-state index >= 15 is 0 Å². The van der Waals surface area contributed by atoms with Crippen LogP contribution in [0.3, 0.4) is 0 Å². The molecule has 1 aromatic heterocycles. The lowest BCUT2D eigenvalue weighted by atomic mass is 10.0. The highest BCUT2D eigenvalue weighted by atomic mass is 32.2. The molecule has 0 saturated heterocycles. The molecule has 0 spiro atoms. The highest BCUT2D eigenvalue weighted by molar-refractivity contribution is 7.98. The number of aromatic nitrogens is 2. The number of aromatic hydroxyl groups is 1. The fourth-order valence-electron chi connectivity index (χ4n) is 7.80. The third-order valence-electron chi connectivity index (χ3n) is 12.0. The Hall–Kier alpha value is -7.58. The molecule has 427 valence electrons. The number of unbranched alkanes of at least 4 members (excludes halogenated alkanes) is 1. The van der Waals surface area contributed by atoms with Crippen LogP contribution < -0.4 is 54.0 Å². The minimum atomic E-state index is -1.74. The molecule has 0 aliphatic carbocycles. The van der Waals surface area contributed by atoms with Gasteiger partial charge in [0.1, 0.15) is 54.6 Å². The van der Waals surface area contributed by atoms with E-state index in [-0.39, 0.29) is 63.2 Å². The number of amides is 8. The number of carbonyl (C=O) groups is 10. The van der Waals surface area contributed by atoms with Crippen LogP contribution in [-0.4, -0.2) is 151 Å². The molecule has 25 nitrogen and oxygen atoms in total. The van der Waals surface area contributed by atoms with E-state index in [1.54, 1.807) is 64.3 Å². The molecule has 2 aromatic carbocycles. The Morgan fingerprint density at radius 1 is 0.641 bits per heavy atom. The minimum Gasteiger partial charge on any atom is -0.508 e. The maximum atomic E-state index is 14.1. The van der Waals surface area contributed by atoms with Gasteiger partial charge >= 0.3 is 11.9 Å². The van der Waals surface area contributed by atoms with Gasteiger partial charge in [-0.05, 0) is 92.2 Å². The molecule has 8 atom stereocenters. The average Bonchev–Trinajstić information content (AvgIpc) is 3.92. The zero-order chi connectivity index (χ0) is 57.9. The van der Waals surface area contributed by atoms with Crippen molar-refractivity contribution in [1.29, 1.82) is 0 Å². The first kappa shape index (κ1) is 64.7. The molecule has 1 heterocycles. The Morgan fingerprint density at radius 2 is 1.19 bits per heavy atom. The summed E-state index contributed by atoms with van der Waals surface area (Å²) >= 11 is 1.35. The standard InChI is InChI=1S/C52H75N12O13S/c1-29(2)21-38(61-45(69)35(54)22-31-11-7-6-8-12-31)48(72)63-41(25-43(67)68)50(74)59-36(13-9-10-19-53)46(70)56-27-42(66)58-40(24-33-26-55-28-57-33)49(73)60-37(18-20-78-5)47(71)62-39(23-32-14-16-34(65)17-15-32)51(75)64-44(30(3)4)52(76)77/h6-8,11-12,14-17,26-30,35-41,44,65H,9-10,13,18-25,53-54H2,1-5H3,(H,55,57)(H,56,70)(H,58,66)(H,59,74)(H,60,73)(H,61,69)(H,62,71)(H,63,72)(H,64,75)(H,67,68)(H,76,77). The van der Waals surface area contributed by atoms with Gasteiger partial charge < -0.3 is 74.3 Å². The second-order valence-corrected chi connectivity index (χ2v) is 20.3. The maximum absolute atomic E-state index is 14.1. The number of nitrogens with two attached hydrogens (primary N) is 2. The third-order valence-corrected chi connectivity index (χ3v) is 12.7. The van der Waals surface area contributed by atoms with Crippen molar-refractivity contribution in [1.82, 2.24) is 52.5 Å². The van der Waals surface area contributed by atoms with Gasteiger partial charge in [-0.1, -0.05) is 70.2 Å². The fraction of sp³-hybridized carbons (Fsp3) is 0.500. The summed E-state index contributed by atoms with van der Waals surface area (Å²) < 4.78 is 0. The number of hydrogen-bond donors (Lipinski definition) is 14. The van der Waals surface area contributed by atoms with Gasteiger partial charge in [-0.25, -0.2) is 9.78 Å². The lowest BCUT2D eigenvalue weighted by Gasteiger charge is -2.27. The lowest BCUT2D eigenvalue weighted by molar-refractivity contribution is -0.143. The van der Waals surface area contributed by atoms with Crippen LogP contribution in [0.15, 0.2) is 67.1 Å². The van der Waals surface area contributed by atoms with Gasteiger partial charge in [-0.2, -0.15) is 11.8 Å². The second kappa shape index (κ2) is 33.5. The van der Waals surface area contributed by atoms with Gasteiger partial charge in [-0.3, -0.25) is 43.2 Å². The third kappa shape index (κ3) is 23.3. The van der Waals surface area contributed by atoms with Crippen LogP contribution in [0.4, 0.5) is 0 Å². The molecule has 26 heteroatoms. The van der Waals surface area contributed by atoms with Crippen molar-refractivity contribution in [2.75, 3.05) is 18.6 Å². The van der Waals surface area contributed by atoms with Gasteiger partial charge in [0.15, 0.2) is 0 Å². The van der Waals surface area contributed by atoms with Crippen molar-refractivity contribution >= 4 is 71.0 Å². The smallest absolute Gasteiger partial charge is 0.326 e. The highest BCUT2D eigenvalue weighted by Gasteiger charge is 2.35. The number of nitrogens with one attached hydrogen (secondary N) is 9. The monoisotopic (exact) mass is 1110 g/mol. The second-order valence-electron chi connectivity index (χ2n) is 19.3. The maximum Gasteiger partial charge on any atom is 0.326 e. The molecule has 8 unspecified atom stereocenters. The molecule has 0 aliphatic heterocycles. The van der Waals surface area contributed by atoms with Gasteiger partial charge in [0.25, 0.3) is 0 Å². The van der Waals surface area contributed by atoms with Crippen LogP contribution in [0.1, 0.15) is 83.0 Å². The predicted molar refractivity (Wildman–Crippen MR) is 288 cm³/mol. The number of phenols is 1. The van der Waals surface area contributed by atoms with E-state index < -0.39 is 120 Å². The number of carbonyl (C=O) groups excluding carboxylic acids is 8. The molecule has 0 fully saturated rings. The summed E-state index contributed by atoms with van der Waals surface area (Å²) in [7, 11) is 0. The summed E-state index contributed by atoms with van der Waals surface area (Å²) in [5.74, 6) is -10.2. The Kier molecular flexibility index (Phi) is 27.8. The molecule has 0 bridgehead atoms. The number of nitrogens with zero attached hydrogens (tertiary/aromatic N) is 1. The largest absolute Gasteiger partial charge is 0.508 e. The first-order valence-corrected chi connectivity index (χ1v) is 26.9. The molecule has 3 aromatic rings. The highest BCUT2D eigenvalue weighted by Crippen LogP contribution is 2.14. The van der Waals surface area contributed by atoms with Gasteiger partial charge in [0.05, 0.1) is 18.8 Å². The van der Waals surface area contributed by atoms with Crippen LogP contribution >= 0.6 is 11.8 Å². The number of carboxylic acids is 2. The Balaban J connectivity index is 1.79. The molecule has 0 aliphatic rings. The van der Waals surface area contributed by atoms with Crippen molar-refractivity contribution in [3.63, 3.8) is 0 Å². The number of aromatic amines is 1. The Bertz CT molecular complexity index is 2450. The van der Waals surface area contributed by atoms with Gasteiger partial charge in [0, 0.05) is 24.7 Å². The van der Waals surface area contributed by atoms with E-state index in [2.05, 4.69) is 52.5 Å². The number of aliphatic carboxylic acids is 2. The lowest BCUT2D eigenvalue weighted by Crippen LogP contribution is -2.59. The number of carboxylic acid groups (broad SMARTS) is 2. The van der Waals surface area contributed by atoms with E-state index in [4.69, 9.17) is 11.5 Å². The molecule has 1 radical (unpaired) electrons. The van der Waals surface area contributed by atoms with E-state index in [0.29, 0.717) is 30.0 Å². The zero-order valence-electron chi connectivity index (χ0n) is 44.4. The number of thioether (sulfide) groups is 1. The summed E-state index contributed by atoms with van der Waals surface area (Å²) in [4.78, 5) is 141. The minimum absolute atomic E-state index is 0.0379. The quantitative estimate of drug-likeness (QED) is 0.0323. The first-order chi connectivity index (χ1) is 37.0. The summed E-state index contributed by atoms with van der Waals surface area (Å²) in [6, 6.07) is 3.93. The van der Waals surface area contributed by atoms with Crippen molar-refractivity contribution in [2.24, 2.45) is 23.3 Å². The summed E-state index contributed by atoms with van der Waals surface area (Å²) in [6.07, 6.45) is 4.16. The van der Waals surface area contributed by atoms with Crippen LogP contribution in [0, 0.1) is 18.4 Å². The van der Waals surface area contributed by atoms with E-state index in [1.807, 2.05) is 0 Å². The number of rotatable bonds is 35. The van der Waals surface area contributed by atoms with Crippen molar-refractivity contribution in [3.05, 3.63) is 90.5 Å². The Morgan fingerprint density at radius 3 is 1.77 bits per heavy atom. The van der Waals surface area contributed by atoms with Crippen LogP contribution in [0.5, 0.6) is 5.75 Å². The molecule has 16 N–H and O–H groups in total. The number of hydrogen-bond acceptors (Lipinski definition) is 15. The normalized spacial score (nSPS) is 14.2. The number of H-pyrrole nitrogens is 1. The molecular weight excluding hydrogens is 1030 g/mol. The molecule has 0 saturated carbocycles. The summed E-state index contributed by atoms with van der Waals surface area (Å²) in [5, 5.41) is 49.4. The number of benzene rings is 2. The molecule has 3 rings (SSSR count). The fourth-order valence-corrected chi connectivity index (χ4v) is 8.27. The first-order valence-electron chi connectivity index (χ1n) is 25.5. The van der Waals surface area contributed by atoms with Crippen molar-refractivity contribution in [2.45, 2.75) is 134 Å². The van der Waals surface area contributed by atoms with E-state index in [1.165, 1.54) is 48.6 Å². The van der Waals surface area contributed by atoms with Crippen molar-refractivity contribution < 1.29 is 63.3 Å². The molecule has 78 heavy (non-hydrogen) atoms. The predicted octanol–water partition coefficient (Wildman–Crippen LogP) is -0.714. The van der Waals surface area contributed by atoms with Gasteiger partial charge in [-0.15, -0.1) is 0 Å². The molecular formula is C52H75N12O13S. The van der Waals surface area contributed by atoms with E-state index in [0.717, 1.165) is 5.56 Å². The van der Waals surface area contributed by atoms with Crippen LogP contribution in [0.25, 0.3) is 0 Å². The average molecular weight is 1110 g/mol. The number of imidazole rings is 1. The van der Waals surface area contributed by atoms with Crippen molar-refractivity contribution in [3.8, 4) is 5.75 Å². The SMILES string of the molecule is CSCCC(NC(=O)C(Cc1cnc[nH]1)NC(=O)[CH]NC(=O)C(CCCCN)NC(=O)C(CC(=O)O)NC(=O)C(CC(C)C)NC(=O)C(N)Cc1ccccc1)C(=O)NC(Cc1ccc(O)cc1)C(=O)NC(C(=O)O)C(C)C. The number of phenolic OH excluding ortho intramolecular Hbond substituents is 1. The summed E-state index contributed by atoms with van der Waals surface area (Å²) in [6.45, 7) is 7.68. The topological polar surface area (TPSA) is 408 Å². The van der Waals surface area contributed by atoms with Crippen LogP contribution in [-0.2, 0) is 67.2 Å². The Labute approximate surface area is 457 Å². The van der Waals surface area contributed by atoms with Gasteiger partial charge in [0.2, 0.25) is 47.3 Å². The zero-order valence-corrected chi connectivity index (χ0v) is 45.2. The molecule has 8 amide bonds. The van der Waals surface area contributed by atoms with E-state index in [9.17, 15) is 63.3 Å². The summed E-state index contributed by atoms with van der Waals surface area (Å²) in [5.41, 5.74) is 13.5.